The number of carbonyl (C=O) groups is 2. The van der Waals surface area contributed by atoms with Gasteiger partial charge in [-0.25, -0.2) is 0 Å². The Hall–Kier alpha value is -1.92. The molecule has 0 saturated carbocycles. The number of amides is 1. The molecular formula is C70H133NO5. The number of unbranched alkanes of at least 4 members (excludes halogenated alkanes) is 49. The van der Waals surface area contributed by atoms with Crippen LogP contribution in [0.25, 0.3) is 0 Å². The highest BCUT2D eigenvalue weighted by Gasteiger charge is 2.18. The van der Waals surface area contributed by atoms with Crippen LogP contribution in [0.1, 0.15) is 373 Å². The normalized spacial score (nSPS) is 12.7. The summed E-state index contributed by atoms with van der Waals surface area (Å²) in [7, 11) is 0. The number of hydrogen-bond acceptors (Lipinski definition) is 5. The zero-order valence-corrected chi connectivity index (χ0v) is 51.3. The van der Waals surface area contributed by atoms with Crippen LogP contribution in [0.5, 0.6) is 0 Å². The van der Waals surface area contributed by atoms with Crippen molar-refractivity contribution < 1.29 is 24.5 Å². The molecule has 0 aromatic rings. The number of aliphatic hydroxyl groups is 2. The quantitative estimate of drug-likeness (QED) is 0.0320. The third kappa shape index (κ3) is 61.3. The van der Waals surface area contributed by atoms with Crippen LogP contribution in [0.3, 0.4) is 0 Å². The lowest BCUT2D eigenvalue weighted by atomic mass is 10.0. The van der Waals surface area contributed by atoms with E-state index in [1.54, 1.807) is 6.08 Å². The molecule has 0 radical (unpaired) electrons. The maximum Gasteiger partial charge on any atom is 0.305 e. The predicted octanol–water partition coefficient (Wildman–Crippen LogP) is 21.9. The molecule has 0 aliphatic heterocycles. The second kappa shape index (κ2) is 65.6. The van der Waals surface area contributed by atoms with Crippen molar-refractivity contribution in [1.29, 1.82) is 0 Å². The molecule has 0 fully saturated rings. The molecule has 2 atom stereocenters. The van der Waals surface area contributed by atoms with E-state index in [0.717, 1.165) is 51.4 Å². The number of hydrogen-bond donors (Lipinski definition) is 3. The number of rotatable bonds is 64. The molecule has 3 N–H and O–H groups in total. The Labute approximate surface area is 474 Å². The molecule has 448 valence electrons. The van der Waals surface area contributed by atoms with E-state index in [-0.39, 0.29) is 18.5 Å². The highest BCUT2D eigenvalue weighted by atomic mass is 16.5. The Morgan fingerprint density at radius 3 is 1.00 bits per heavy atom. The summed E-state index contributed by atoms with van der Waals surface area (Å²) in [6.07, 6.45) is 83.7. The van der Waals surface area contributed by atoms with E-state index in [0.29, 0.717) is 19.4 Å². The van der Waals surface area contributed by atoms with Crippen molar-refractivity contribution in [1.82, 2.24) is 5.32 Å². The average molecular weight is 1070 g/mol. The van der Waals surface area contributed by atoms with Crippen molar-refractivity contribution >= 4 is 11.9 Å². The topological polar surface area (TPSA) is 95.9 Å². The first kappa shape index (κ1) is 74.1. The van der Waals surface area contributed by atoms with Gasteiger partial charge in [0.1, 0.15) is 0 Å². The van der Waals surface area contributed by atoms with Crippen LogP contribution in [-0.2, 0) is 14.3 Å². The van der Waals surface area contributed by atoms with E-state index in [1.807, 2.05) is 6.08 Å². The molecule has 76 heavy (non-hydrogen) atoms. The van der Waals surface area contributed by atoms with Gasteiger partial charge >= 0.3 is 5.97 Å². The van der Waals surface area contributed by atoms with E-state index >= 15 is 0 Å². The van der Waals surface area contributed by atoms with E-state index in [1.165, 1.54) is 295 Å². The Morgan fingerprint density at radius 1 is 0.368 bits per heavy atom. The van der Waals surface area contributed by atoms with Crippen LogP contribution in [0, 0.1) is 0 Å². The minimum atomic E-state index is -0.849. The largest absolute Gasteiger partial charge is 0.465 e. The lowest BCUT2D eigenvalue weighted by Gasteiger charge is -2.20. The average Bonchev–Trinajstić information content (AvgIpc) is 3.42. The number of carbonyl (C=O) groups excluding carboxylic acids is 2. The molecule has 0 saturated heterocycles. The molecule has 0 aliphatic carbocycles. The molecule has 0 aromatic carbocycles. The van der Waals surface area contributed by atoms with Crippen LogP contribution in [0.4, 0.5) is 0 Å². The Bertz CT molecular complexity index is 1230. The molecule has 0 aromatic heterocycles. The van der Waals surface area contributed by atoms with Gasteiger partial charge < -0.3 is 20.3 Å². The number of aliphatic hydroxyl groups excluding tert-OH is 2. The number of ether oxygens (including phenoxy) is 1. The van der Waals surface area contributed by atoms with Crippen molar-refractivity contribution in [3.63, 3.8) is 0 Å². The molecule has 0 rings (SSSR count). The minimum Gasteiger partial charge on any atom is -0.465 e. The van der Waals surface area contributed by atoms with Crippen LogP contribution in [0.15, 0.2) is 36.5 Å². The molecule has 0 heterocycles. The summed E-state index contributed by atoms with van der Waals surface area (Å²) >= 11 is 0. The van der Waals surface area contributed by atoms with Gasteiger partial charge in [0.25, 0.3) is 0 Å². The molecule has 0 aliphatic rings. The monoisotopic (exact) mass is 1070 g/mol. The zero-order valence-electron chi connectivity index (χ0n) is 51.3. The van der Waals surface area contributed by atoms with Gasteiger partial charge in [-0.1, -0.05) is 346 Å². The van der Waals surface area contributed by atoms with Gasteiger partial charge in [-0.3, -0.25) is 9.59 Å². The van der Waals surface area contributed by atoms with Crippen molar-refractivity contribution in [2.75, 3.05) is 13.2 Å². The summed E-state index contributed by atoms with van der Waals surface area (Å²) in [6, 6.07) is -0.633. The predicted molar refractivity (Wildman–Crippen MR) is 333 cm³/mol. The summed E-state index contributed by atoms with van der Waals surface area (Å²) in [4.78, 5) is 24.6. The standard InChI is InChI=1S/C70H133NO5/c1-3-5-7-9-11-13-15-17-19-21-22-23-25-28-31-34-38-42-46-50-54-58-62-68(73)67(66-72)71-69(74)63-59-55-51-47-43-39-35-32-29-26-24-27-30-33-37-41-45-49-53-57-61-65-76-70(75)64-60-56-52-48-44-40-36-20-18-16-14-12-10-8-6-4-2/h41,45,53,57-58,62,67-68,72-73H,3-40,42-44,46-52,54-56,59-61,63-66H2,1-2H3,(H,71,74)/b45-41-,57-53-,62-58+. The fourth-order valence-electron chi connectivity index (χ4n) is 10.7. The maximum absolute atomic E-state index is 12.5. The lowest BCUT2D eigenvalue weighted by molar-refractivity contribution is -0.143. The molecule has 0 spiro atoms. The van der Waals surface area contributed by atoms with Crippen molar-refractivity contribution in [3.8, 4) is 0 Å². The summed E-state index contributed by atoms with van der Waals surface area (Å²) in [5.41, 5.74) is 0. The Balaban J connectivity index is 3.47. The van der Waals surface area contributed by atoms with Gasteiger partial charge in [0, 0.05) is 12.8 Å². The fourth-order valence-corrected chi connectivity index (χ4v) is 10.7. The highest BCUT2D eigenvalue weighted by molar-refractivity contribution is 5.76. The first-order valence-electron chi connectivity index (χ1n) is 34.3. The van der Waals surface area contributed by atoms with E-state index < -0.39 is 12.1 Å². The van der Waals surface area contributed by atoms with Gasteiger partial charge in [-0.05, 0) is 51.4 Å². The van der Waals surface area contributed by atoms with Gasteiger partial charge in [0.05, 0.1) is 25.4 Å². The number of nitrogens with one attached hydrogen (secondary N) is 1. The van der Waals surface area contributed by atoms with Crippen molar-refractivity contribution in [2.45, 2.75) is 386 Å². The number of esters is 1. The van der Waals surface area contributed by atoms with Gasteiger partial charge in [0.2, 0.25) is 5.91 Å². The third-order valence-corrected chi connectivity index (χ3v) is 15.9. The third-order valence-electron chi connectivity index (χ3n) is 15.9. The van der Waals surface area contributed by atoms with Crippen LogP contribution < -0.4 is 5.32 Å². The van der Waals surface area contributed by atoms with E-state index in [2.05, 4.69) is 43.5 Å². The highest BCUT2D eigenvalue weighted by Crippen LogP contribution is 2.18. The minimum absolute atomic E-state index is 0.0318. The maximum atomic E-state index is 12.5. The Morgan fingerprint density at radius 2 is 0.658 bits per heavy atom. The van der Waals surface area contributed by atoms with Crippen molar-refractivity contribution in [2.24, 2.45) is 0 Å². The summed E-state index contributed by atoms with van der Waals surface area (Å²) < 4.78 is 5.43. The summed E-state index contributed by atoms with van der Waals surface area (Å²) in [5.74, 6) is -0.101. The summed E-state index contributed by atoms with van der Waals surface area (Å²) in [5, 5.41) is 23.2. The van der Waals surface area contributed by atoms with Gasteiger partial charge in [-0.2, -0.15) is 0 Å². The molecular weight excluding hydrogens is 935 g/mol. The smallest absolute Gasteiger partial charge is 0.305 e. The zero-order chi connectivity index (χ0) is 55.0. The molecule has 0 bridgehead atoms. The summed E-state index contributed by atoms with van der Waals surface area (Å²) in [6.45, 7) is 4.83. The molecule has 1 amide bonds. The Kier molecular flexibility index (Phi) is 63.9. The van der Waals surface area contributed by atoms with E-state index in [9.17, 15) is 19.8 Å². The van der Waals surface area contributed by atoms with Crippen molar-refractivity contribution in [3.05, 3.63) is 36.5 Å². The van der Waals surface area contributed by atoms with Gasteiger partial charge in [-0.15, -0.1) is 0 Å². The second-order valence-electron chi connectivity index (χ2n) is 23.5. The molecule has 6 nitrogen and oxygen atoms in total. The van der Waals surface area contributed by atoms with Crippen LogP contribution >= 0.6 is 0 Å². The van der Waals surface area contributed by atoms with Crippen LogP contribution in [0.2, 0.25) is 0 Å². The second-order valence-corrected chi connectivity index (χ2v) is 23.5. The van der Waals surface area contributed by atoms with Gasteiger partial charge in [0.15, 0.2) is 0 Å². The van der Waals surface area contributed by atoms with E-state index in [4.69, 9.17) is 4.74 Å². The van der Waals surface area contributed by atoms with Crippen LogP contribution in [-0.4, -0.2) is 47.4 Å². The lowest BCUT2D eigenvalue weighted by Crippen LogP contribution is -2.45. The number of allylic oxidation sites excluding steroid dienone is 4. The molecule has 6 heteroatoms. The first-order chi connectivity index (χ1) is 37.5. The SMILES string of the molecule is CCCCCCCCCCCCCCCCCCCCCC/C=C/C(O)C(CO)NC(=O)CCCCCCCCCCCCCCCC/C=C\C/C=C\CCOC(=O)CCCCCCCCCCCCCCCCCC. The fraction of sp³-hybridized carbons (Fsp3) is 0.886. The first-order valence-corrected chi connectivity index (χ1v) is 34.3. The molecule has 2 unspecified atom stereocenters.